The Labute approximate surface area is 161 Å². The second kappa shape index (κ2) is 8.78. The first-order valence-electron chi connectivity index (χ1n) is 8.54. The number of benzene rings is 1. The van der Waals surface area contributed by atoms with Crippen LogP contribution in [0.2, 0.25) is 0 Å². The largest absolute Gasteiger partial charge is 0.493 e. The number of halogens is 1. The van der Waals surface area contributed by atoms with Gasteiger partial charge in [-0.15, -0.1) is 24.0 Å². The van der Waals surface area contributed by atoms with Crippen LogP contribution in [0.15, 0.2) is 23.2 Å². The lowest BCUT2D eigenvalue weighted by molar-refractivity contribution is 0.198. The van der Waals surface area contributed by atoms with Crippen LogP contribution in [0.3, 0.4) is 0 Å². The molecule has 2 aliphatic rings. The lowest BCUT2D eigenvalue weighted by atomic mass is 10.1. The van der Waals surface area contributed by atoms with Gasteiger partial charge >= 0.3 is 0 Å². The first-order valence-corrected chi connectivity index (χ1v) is 8.54. The highest BCUT2D eigenvalue weighted by Gasteiger charge is 2.27. The Morgan fingerprint density at radius 3 is 2.58 bits per heavy atom. The van der Waals surface area contributed by atoms with Crippen molar-refractivity contribution in [3.05, 3.63) is 23.8 Å². The predicted octanol–water partition coefficient (Wildman–Crippen LogP) is 3.54. The fourth-order valence-corrected chi connectivity index (χ4v) is 3.08. The maximum atomic E-state index is 6.23. The number of aliphatic imine (C=N–C) groups is 1. The fourth-order valence-electron chi connectivity index (χ4n) is 3.08. The van der Waals surface area contributed by atoms with Gasteiger partial charge < -0.3 is 20.1 Å². The summed E-state index contributed by atoms with van der Waals surface area (Å²) in [6.45, 7) is 0.516. The van der Waals surface area contributed by atoms with E-state index in [9.17, 15) is 0 Å². The Balaban J connectivity index is 0.00000208. The number of hydrogen-bond donors (Lipinski definition) is 1. The van der Waals surface area contributed by atoms with E-state index in [1.165, 1.54) is 25.7 Å². The van der Waals surface area contributed by atoms with Gasteiger partial charge in [-0.2, -0.15) is 0 Å². The van der Waals surface area contributed by atoms with Crippen LogP contribution in [0.1, 0.15) is 44.1 Å². The van der Waals surface area contributed by atoms with Gasteiger partial charge in [0, 0.05) is 18.7 Å². The summed E-state index contributed by atoms with van der Waals surface area (Å²) in [6, 6.07) is 6.53. The van der Waals surface area contributed by atoms with Crippen LogP contribution in [0.5, 0.6) is 11.5 Å². The third kappa shape index (κ3) is 4.68. The molecule has 0 spiro atoms. The van der Waals surface area contributed by atoms with Crippen molar-refractivity contribution in [3.63, 3.8) is 0 Å². The van der Waals surface area contributed by atoms with Gasteiger partial charge in [0.05, 0.1) is 19.8 Å². The van der Waals surface area contributed by atoms with E-state index in [0.29, 0.717) is 24.7 Å². The van der Waals surface area contributed by atoms with Crippen LogP contribution < -0.4 is 15.2 Å². The monoisotopic (exact) mass is 445 g/mol. The minimum atomic E-state index is 0. The topological polar surface area (TPSA) is 60.1 Å². The van der Waals surface area contributed by atoms with Crippen LogP contribution in [-0.2, 0) is 6.54 Å². The maximum Gasteiger partial charge on any atom is 0.191 e. The quantitative estimate of drug-likeness (QED) is 0.414. The van der Waals surface area contributed by atoms with E-state index in [2.05, 4.69) is 9.89 Å². The van der Waals surface area contributed by atoms with Crippen molar-refractivity contribution in [1.82, 2.24) is 4.90 Å². The zero-order valence-corrected chi connectivity index (χ0v) is 16.9. The van der Waals surface area contributed by atoms with Crippen LogP contribution in [-0.4, -0.2) is 37.2 Å². The van der Waals surface area contributed by atoms with Gasteiger partial charge in [-0.05, 0) is 44.6 Å². The first-order chi connectivity index (χ1) is 11.2. The number of ether oxygens (including phenoxy) is 2. The lowest BCUT2D eigenvalue weighted by Crippen LogP contribution is -2.35. The molecule has 0 bridgehead atoms. The molecule has 1 aromatic carbocycles. The number of nitrogens with two attached hydrogens (primary N) is 1. The van der Waals surface area contributed by atoms with Crippen LogP contribution in [0.25, 0.3) is 0 Å². The summed E-state index contributed by atoms with van der Waals surface area (Å²) >= 11 is 0. The Morgan fingerprint density at radius 1 is 1.25 bits per heavy atom. The molecule has 0 aliphatic heterocycles. The molecule has 0 unspecified atom stereocenters. The number of guanidine groups is 1. The van der Waals surface area contributed by atoms with Crippen molar-refractivity contribution >= 4 is 29.9 Å². The van der Waals surface area contributed by atoms with Crippen LogP contribution in [0.4, 0.5) is 0 Å². The van der Waals surface area contributed by atoms with E-state index in [0.717, 1.165) is 29.9 Å². The molecule has 5 nitrogen and oxygen atoms in total. The van der Waals surface area contributed by atoms with Gasteiger partial charge in [-0.3, -0.25) is 0 Å². The second-order valence-electron chi connectivity index (χ2n) is 6.49. The molecule has 0 heterocycles. The van der Waals surface area contributed by atoms with E-state index < -0.39 is 0 Å². The molecular weight excluding hydrogens is 417 g/mol. The van der Waals surface area contributed by atoms with Gasteiger partial charge in [0.2, 0.25) is 0 Å². The number of methoxy groups -OCH3 is 1. The minimum Gasteiger partial charge on any atom is -0.493 e. The SMILES string of the molecule is COc1cccc(CN=C(N)N(C)C2CC2)c1OC1CCCC1.I. The first kappa shape index (κ1) is 19.1. The molecule has 2 fully saturated rings. The molecule has 24 heavy (non-hydrogen) atoms. The third-order valence-electron chi connectivity index (χ3n) is 4.73. The molecule has 1 aromatic rings. The average molecular weight is 445 g/mol. The standard InChI is InChI=1S/C18H27N3O2.HI/c1-21(14-10-11-14)18(19)20-12-13-6-5-9-16(22-2)17(13)23-15-7-3-4-8-15;/h5-6,9,14-15H,3-4,7-8,10-12H2,1-2H3,(H2,19,20);1H. The second-order valence-corrected chi connectivity index (χ2v) is 6.49. The smallest absolute Gasteiger partial charge is 0.191 e. The minimum absolute atomic E-state index is 0. The van der Waals surface area contributed by atoms with Gasteiger partial charge in [0.15, 0.2) is 17.5 Å². The molecule has 2 N–H and O–H groups in total. The maximum absolute atomic E-state index is 6.23. The van der Waals surface area contributed by atoms with Crippen molar-refractivity contribution in [2.75, 3.05) is 14.2 Å². The summed E-state index contributed by atoms with van der Waals surface area (Å²) in [5.41, 5.74) is 7.12. The molecule has 0 aromatic heterocycles. The van der Waals surface area contributed by atoms with E-state index >= 15 is 0 Å². The average Bonchev–Trinajstić information content (AvgIpc) is 3.30. The number of hydrogen-bond acceptors (Lipinski definition) is 3. The highest BCUT2D eigenvalue weighted by molar-refractivity contribution is 14.0. The van der Waals surface area contributed by atoms with Crippen molar-refractivity contribution in [3.8, 4) is 11.5 Å². The molecule has 0 saturated heterocycles. The molecule has 2 aliphatic carbocycles. The summed E-state index contributed by atoms with van der Waals surface area (Å²) in [5.74, 6) is 2.20. The molecule has 3 rings (SSSR count). The Hall–Kier alpha value is -1.18. The van der Waals surface area contributed by atoms with Crippen molar-refractivity contribution < 1.29 is 9.47 Å². The van der Waals surface area contributed by atoms with Gasteiger partial charge in [0.25, 0.3) is 0 Å². The third-order valence-corrected chi connectivity index (χ3v) is 4.73. The van der Waals surface area contributed by atoms with E-state index in [-0.39, 0.29) is 24.0 Å². The number of nitrogens with zero attached hydrogens (tertiary/aromatic N) is 2. The Kier molecular flexibility index (Phi) is 7.01. The summed E-state index contributed by atoms with van der Waals surface area (Å²) in [7, 11) is 3.69. The number of rotatable bonds is 6. The normalized spacial score (nSPS) is 18.2. The van der Waals surface area contributed by atoms with E-state index in [4.69, 9.17) is 15.2 Å². The fraction of sp³-hybridized carbons (Fsp3) is 0.611. The van der Waals surface area contributed by atoms with Gasteiger partial charge in [0.1, 0.15) is 0 Å². The molecule has 134 valence electrons. The summed E-state index contributed by atoms with van der Waals surface area (Å²) in [4.78, 5) is 6.62. The van der Waals surface area contributed by atoms with Crippen LogP contribution in [0, 0.1) is 0 Å². The summed E-state index contributed by atoms with van der Waals surface area (Å²) in [6.07, 6.45) is 7.43. The molecule has 0 amide bonds. The predicted molar refractivity (Wildman–Crippen MR) is 107 cm³/mol. The Morgan fingerprint density at radius 2 is 1.96 bits per heavy atom. The van der Waals surface area contributed by atoms with Crippen molar-refractivity contribution in [2.45, 2.75) is 57.2 Å². The Bertz CT molecular complexity index is 569. The van der Waals surface area contributed by atoms with E-state index in [1.807, 2.05) is 25.2 Å². The lowest BCUT2D eigenvalue weighted by Gasteiger charge is -2.20. The zero-order valence-electron chi connectivity index (χ0n) is 14.5. The van der Waals surface area contributed by atoms with Crippen molar-refractivity contribution in [1.29, 1.82) is 0 Å². The molecule has 0 atom stereocenters. The van der Waals surface area contributed by atoms with E-state index in [1.54, 1.807) is 7.11 Å². The zero-order chi connectivity index (χ0) is 16.2. The van der Waals surface area contributed by atoms with Crippen LogP contribution >= 0.6 is 24.0 Å². The number of para-hydroxylation sites is 1. The summed E-state index contributed by atoms with van der Waals surface area (Å²) in [5, 5.41) is 0. The highest BCUT2D eigenvalue weighted by atomic mass is 127. The van der Waals surface area contributed by atoms with Gasteiger partial charge in [-0.1, -0.05) is 12.1 Å². The molecule has 0 radical (unpaired) electrons. The molecule has 2 saturated carbocycles. The highest BCUT2D eigenvalue weighted by Crippen LogP contribution is 2.35. The summed E-state index contributed by atoms with van der Waals surface area (Å²) < 4.78 is 11.7. The molecular formula is C18H28IN3O2. The van der Waals surface area contributed by atoms with Crippen molar-refractivity contribution in [2.24, 2.45) is 10.7 Å². The molecule has 6 heteroatoms. The van der Waals surface area contributed by atoms with Gasteiger partial charge in [-0.25, -0.2) is 4.99 Å².